The second-order valence-electron chi connectivity index (χ2n) is 4.16. The van der Waals surface area contributed by atoms with E-state index in [9.17, 15) is 4.79 Å². The first-order valence-corrected chi connectivity index (χ1v) is 7.51. The number of hydrogen-bond donors (Lipinski definition) is 1. The van der Waals surface area contributed by atoms with Gasteiger partial charge >= 0.3 is 5.97 Å². The van der Waals surface area contributed by atoms with Crippen LogP contribution in [-0.4, -0.2) is 13.1 Å². The van der Waals surface area contributed by atoms with Crippen molar-refractivity contribution in [2.24, 2.45) is 0 Å². The highest BCUT2D eigenvalue weighted by Crippen LogP contribution is 2.40. The van der Waals surface area contributed by atoms with Crippen molar-refractivity contribution in [3.8, 4) is 10.4 Å². The van der Waals surface area contributed by atoms with Crippen molar-refractivity contribution in [1.29, 1.82) is 0 Å². The molecule has 0 unspecified atom stereocenters. The van der Waals surface area contributed by atoms with Gasteiger partial charge < -0.3 is 10.5 Å². The number of thiophene rings is 1. The van der Waals surface area contributed by atoms with E-state index in [1.54, 1.807) is 18.2 Å². The Morgan fingerprint density at radius 1 is 1.30 bits per heavy atom. The fraction of sp³-hybridized carbons (Fsp3) is 0.214. The molecule has 0 radical (unpaired) electrons. The molecule has 0 saturated heterocycles. The van der Waals surface area contributed by atoms with E-state index >= 15 is 0 Å². The van der Waals surface area contributed by atoms with E-state index in [1.807, 2.05) is 6.92 Å². The number of methoxy groups -OCH3 is 1. The zero-order chi connectivity index (χ0) is 14.9. The van der Waals surface area contributed by atoms with E-state index < -0.39 is 5.97 Å². The van der Waals surface area contributed by atoms with E-state index in [1.165, 1.54) is 18.4 Å². The molecule has 2 N–H and O–H groups in total. The molecule has 1 aromatic carbocycles. The topological polar surface area (TPSA) is 52.3 Å². The molecular weight excluding hydrogens is 317 g/mol. The van der Waals surface area contributed by atoms with Gasteiger partial charge in [0.1, 0.15) is 4.88 Å². The molecule has 1 aromatic heterocycles. The van der Waals surface area contributed by atoms with Crippen LogP contribution in [0.5, 0.6) is 0 Å². The van der Waals surface area contributed by atoms with Crippen molar-refractivity contribution in [3.63, 3.8) is 0 Å². The van der Waals surface area contributed by atoms with E-state index in [0.29, 0.717) is 27.0 Å². The summed E-state index contributed by atoms with van der Waals surface area (Å²) in [5, 5.41) is 1.09. The highest BCUT2D eigenvalue weighted by Gasteiger charge is 2.21. The summed E-state index contributed by atoms with van der Waals surface area (Å²) in [6, 6.07) is 5.27. The predicted molar refractivity (Wildman–Crippen MR) is 84.9 cm³/mol. The summed E-state index contributed by atoms with van der Waals surface area (Å²) in [4.78, 5) is 13.0. The smallest absolute Gasteiger partial charge is 0.350 e. The van der Waals surface area contributed by atoms with Crippen molar-refractivity contribution in [2.45, 2.75) is 13.3 Å². The lowest BCUT2D eigenvalue weighted by Gasteiger charge is -2.04. The number of halogens is 2. The third-order valence-corrected chi connectivity index (χ3v) is 4.61. The molecule has 0 fully saturated rings. The lowest BCUT2D eigenvalue weighted by Crippen LogP contribution is -2.02. The highest BCUT2D eigenvalue weighted by molar-refractivity contribution is 7.18. The first-order chi connectivity index (χ1) is 9.47. The first kappa shape index (κ1) is 15.2. The SMILES string of the molecule is CCc1c(-c2cc(Cl)cc(Cl)c2)sc(C(=O)OC)c1N. The normalized spacial score (nSPS) is 10.6. The molecule has 20 heavy (non-hydrogen) atoms. The van der Waals surface area contributed by atoms with Gasteiger partial charge in [-0.2, -0.15) is 0 Å². The number of nitrogen functional groups attached to an aromatic ring is 1. The van der Waals surface area contributed by atoms with Gasteiger partial charge in [0.25, 0.3) is 0 Å². The van der Waals surface area contributed by atoms with Crippen molar-refractivity contribution in [1.82, 2.24) is 0 Å². The van der Waals surface area contributed by atoms with Crippen molar-refractivity contribution >= 4 is 46.2 Å². The maximum Gasteiger partial charge on any atom is 0.350 e. The summed E-state index contributed by atoms with van der Waals surface area (Å²) in [5.74, 6) is -0.429. The second kappa shape index (κ2) is 6.04. The molecule has 0 amide bonds. The number of rotatable bonds is 3. The molecule has 0 aliphatic rings. The minimum Gasteiger partial charge on any atom is -0.465 e. The van der Waals surface area contributed by atoms with Crippen LogP contribution in [0.25, 0.3) is 10.4 Å². The zero-order valence-corrected chi connectivity index (χ0v) is 13.3. The Morgan fingerprint density at radius 2 is 1.90 bits per heavy atom. The third-order valence-electron chi connectivity index (χ3n) is 2.90. The molecule has 2 aromatic rings. The first-order valence-electron chi connectivity index (χ1n) is 5.93. The van der Waals surface area contributed by atoms with Crippen LogP contribution >= 0.6 is 34.5 Å². The minimum atomic E-state index is -0.429. The number of esters is 1. The molecule has 0 spiro atoms. The molecular formula is C14H13Cl2NO2S. The number of nitrogens with two attached hydrogens (primary N) is 1. The van der Waals surface area contributed by atoms with E-state index in [-0.39, 0.29) is 0 Å². The van der Waals surface area contributed by atoms with Gasteiger partial charge in [-0.1, -0.05) is 30.1 Å². The van der Waals surface area contributed by atoms with Gasteiger partial charge in [0.05, 0.1) is 12.8 Å². The van der Waals surface area contributed by atoms with Crippen LogP contribution < -0.4 is 5.73 Å². The summed E-state index contributed by atoms with van der Waals surface area (Å²) < 4.78 is 4.75. The monoisotopic (exact) mass is 329 g/mol. The van der Waals surface area contributed by atoms with Crippen LogP contribution in [0.2, 0.25) is 10.0 Å². The molecule has 0 aliphatic heterocycles. The predicted octanol–water partition coefficient (Wildman–Crippen LogP) is 4.65. The Kier molecular flexibility index (Phi) is 4.58. The molecule has 3 nitrogen and oxygen atoms in total. The van der Waals surface area contributed by atoms with Gasteiger partial charge in [-0.25, -0.2) is 4.79 Å². The molecule has 0 bridgehead atoms. The molecule has 6 heteroatoms. The van der Waals surface area contributed by atoms with Crippen molar-refractivity contribution in [3.05, 3.63) is 38.7 Å². The Morgan fingerprint density at radius 3 is 2.40 bits per heavy atom. The molecule has 1 heterocycles. The average Bonchev–Trinajstić information content (AvgIpc) is 2.73. The lowest BCUT2D eigenvalue weighted by atomic mass is 10.1. The molecule has 0 saturated carbocycles. The van der Waals surface area contributed by atoms with Crippen LogP contribution in [-0.2, 0) is 11.2 Å². The fourth-order valence-electron chi connectivity index (χ4n) is 1.99. The second-order valence-corrected chi connectivity index (χ2v) is 6.05. The quantitative estimate of drug-likeness (QED) is 0.833. The Hall–Kier alpha value is -1.23. The van der Waals surface area contributed by atoms with E-state index in [0.717, 1.165) is 16.0 Å². The summed E-state index contributed by atoms with van der Waals surface area (Å²) in [5.41, 5.74) is 8.28. The molecule has 0 atom stereocenters. The number of hydrogen-bond acceptors (Lipinski definition) is 4. The fourth-order valence-corrected chi connectivity index (χ4v) is 3.73. The maximum atomic E-state index is 11.7. The van der Waals surface area contributed by atoms with Gasteiger partial charge in [0, 0.05) is 14.9 Å². The summed E-state index contributed by atoms with van der Waals surface area (Å²) >= 11 is 13.4. The van der Waals surface area contributed by atoms with Gasteiger partial charge in [-0.05, 0) is 35.7 Å². The van der Waals surface area contributed by atoms with E-state index in [2.05, 4.69) is 0 Å². The minimum absolute atomic E-state index is 0.412. The van der Waals surface area contributed by atoms with E-state index in [4.69, 9.17) is 33.7 Å². The van der Waals surface area contributed by atoms with Gasteiger partial charge in [-0.15, -0.1) is 11.3 Å². The number of carbonyl (C=O) groups excluding carboxylic acids is 1. The van der Waals surface area contributed by atoms with Crippen LogP contribution in [0.3, 0.4) is 0 Å². The van der Waals surface area contributed by atoms with Gasteiger partial charge in [0.15, 0.2) is 0 Å². The number of ether oxygens (including phenoxy) is 1. The zero-order valence-electron chi connectivity index (χ0n) is 11.0. The Balaban J connectivity index is 2.64. The number of anilines is 1. The largest absolute Gasteiger partial charge is 0.465 e. The van der Waals surface area contributed by atoms with Crippen LogP contribution in [0.4, 0.5) is 5.69 Å². The molecule has 0 aliphatic carbocycles. The van der Waals surface area contributed by atoms with Gasteiger partial charge in [0.2, 0.25) is 0 Å². The van der Waals surface area contributed by atoms with Crippen LogP contribution in [0.15, 0.2) is 18.2 Å². The average molecular weight is 330 g/mol. The van der Waals surface area contributed by atoms with Crippen molar-refractivity contribution < 1.29 is 9.53 Å². The maximum absolute atomic E-state index is 11.7. The van der Waals surface area contributed by atoms with Gasteiger partial charge in [-0.3, -0.25) is 0 Å². The summed E-state index contributed by atoms with van der Waals surface area (Å²) in [6.45, 7) is 1.98. The molecule has 106 valence electrons. The standard InChI is InChI=1S/C14H13Cl2NO2S/c1-3-10-11(17)13(14(18)19-2)20-12(10)7-4-8(15)6-9(16)5-7/h4-6H,3,17H2,1-2H3. The third kappa shape index (κ3) is 2.77. The summed E-state index contributed by atoms with van der Waals surface area (Å²) in [6.07, 6.45) is 0.707. The van der Waals surface area contributed by atoms with Crippen LogP contribution in [0, 0.1) is 0 Å². The van der Waals surface area contributed by atoms with Crippen molar-refractivity contribution in [2.75, 3.05) is 12.8 Å². The summed E-state index contributed by atoms with van der Waals surface area (Å²) in [7, 11) is 1.34. The lowest BCUT2D eigenvalue weighted by molar-refractivity contribution is 0.0607. The highest BCUT2D eigenvalue weighted by atomic mass is 35.5. The Labute approximate surface area is 131 Å². The molecule has 2 rings (SSSR count). The van der Waals surface area contributed by atoms with Crippen LogP contribution in [0.1, 0.15) is 22.2 Å². The Bertz CT molecular complexity index is 647. The number of benzene rings is 1. The number of carbonyl (C=O) groups is 1.